The number of hydrogen-bond donors (Lipinski definition) is 0. The molecular weight excluding hydrogens is 378 g/mol. The van der Waals surface area contributed by atoms with Gasteiger partial charge in [0.05, 0.1) is 5.25 Å². The van der Waals surface area contributed by atoms with Gasteiger partial charge in [0.1, 0.15) is 0 Å². The zero-order valence-electron chi connectivity index (χ0n) is 12.7. The number of thioether (sulfide) groups is 1. The van der Waals surface area contributed by atoms with Crippen molar-refractivity contribution >= 4 is 50.5 Å². The quantitative estimate of drug-likeness (QED) is 0.653. The van der Waals surface area contributed by atoms with Gasteiger partial charge in [0.15, 0.2) is 5.78 Å². The van der Waals surface area contributed by atoms with E-state index >= 15 is 0 Å². The van der Waals surface area contributed by atoms with Crippen molar-refractivity contribution in [3.63, 3.8) is 0 Å². The number of nitrogens with zero attached hydrogens (tertiary/aromatic N) is 1. The number of carbonyl (C=O) groups is 1. The second-order valence-electron chi connectivity index (χ2n) is 6.86. The van der Waals surface area contributed by atoms with Crippen molar-refractivity contribution in [1.29, 1.82) is 0 Å². The molecule has 5 heteroatoms. The molecule has 2 unspecified atom stereocenters. The summed E-state index contributed by atoms with van der Waals surface area (Å²) >= 11 is 7.30. The third-order valence-electron chi connectivity index (χ3n) is 4.93. The minimum absolute atomic E-state index is 0.207. The zero-order valence-corrected chi connectivity index (χ0v) is 15.9. The number of thiophene rings is 1. The summed E-state index contributed by atoms with van der Waals surface area (Å²) in [5.41, 5.74) is 3.15. The number of ketones is 1. The number of aliphatic imine (C=N–C) groups is 1. The lowest BCUT2D eigenvalue weighted by molar-refractivity contribution is -0.124. The predicted octanol–water partition coefficient (Wildman–Crippen LogP) is 5.20. The molecule has 0 spiro atoms. The van der Waals surface area contributed by atoms with E-state index in [2.05, 4.69) is 41.2 Å². The molecule has 2 aliphatic heterocycles. The van der Waals surface area contributed by atoms with Crippen LogP contribution >= 0.6 is 39.0 Å². The molecule has 1 fully saturated rings. The smallest absolute Gasteiger partial charge is 0.166 e. The Hall–Kier alpha value is -0.390. The number of Topliss-reactive ketones (excluding diaryl/α,β-unsaturated/α-hetero) is 1. The van der Waals surface area contributed by atoms with Gasteiger partial charge in [-0.05, 0) is 47.0 Å². The van der Waals surface area contributed by atoms with Crippen molar-refractivity contribution in [1.82, 2.24) is 0 Å². The Balaban J connectivity index is 1.88. The fraction of sp³-hybridized carbons (Fsp3) is 0.529. The van der Waals surface area contributed by atoms with E-state index in [-0.39, 0.29) is 11.3 Å². The second kappa shape index (κ2) is 5.32. The summed E-state index contributed by atoms with van der Waals surface area (Å²) in [6.07, 6.45) is 2.94. The van der Waals surface area contributed by atoms with Gasteiger partial charge in [-0.2, -0.15) is 11.8 Å². The van der Waals surface area contributed by atoms with Crippen LogP contribution in [0.15, 0.2) is 32.2 Å². The van der Waals surface area contributed by atoms with E-state index in [1.165, 1.54) is 10.6 Å². The number of carbonyl (C=O) groups excluding carboxylic acids is 1. The number of fused-ring (bicyclic) bond motifs is 1. The average Bonchev–Trinajstić information content (AvgIpc) is 3.10. The van der Waals surface area contributed by atoms with Crippen LogP contribution in [0, 0.1) is 5.41 Å². The van der Waals surface area contributed by atoms with Crippen LogP contribution in [0.3, 0.4) is 0 Å². The first-order valence-electron chi connectivity index (χ1n) is 7.68. The van der Waals surface area contributed by atoms with E-state index in [1.807, 2.05) is 11.8 Å². The average molecular weight is 396 g/mol. The molecule has 116 valence electrons. The van der Waals surface area contributed by atoms with Crippen LogP contribution in [0.25, 0.3) is 0 Å². The van der Waals surface area contributed by atoms with Crippen LogP contribution in [0.5, 0.6) is 0 Å². The fourth-order valence-corrected chi connectivity index (χ4v) is 6.75. The standard InChI is InChI=1S/C17H18BrNOS2/c1-17(2)5-3-10-13(16(17)20)14(12-7-9(18)8-22-12)15-11(19-10)4-6-21-15/h7-8,14-15H,3-6H2,1-2H3. The van der Waals surface area contributed by atoms with Gasteiger partial charge >= 0.3 is 0 Å². The second-order valence-corrected chi connectivity index (χ2v) is 9.97. The van der Waals surface area contributed by atoms with Crippen molar-refractivity contribution < 1.29 is 4.79 Å². The van der Waals surface area contributed by atoms with Gasteiger partial charge in [0, 0.05) is 43.0 Å². The summed E-state index contributed by atoms with van der Waals surface area (Å²) in [7, 11) is 0. The molecule has 0 aromatic carbocycles. The number of halogens is 1. The summed E-state index contributed by atoms with van der Waals surface area (Å²) in [5, 5.41) is 2.49. The van der Waals surface area contributed by atoms with Gasteiger partial charge in [-0.1, -0.05) is 13.8 Å². The highest BCUT2D eigenvalue weighted by atomic mass is 79.9. The molecule has 2 nitrogen and oxygen atoms in total. The maximum Gasteiger partial charge on any atom is 0.166 e. The molecule has 3 aliphatic rings. The van der Waals surface area contributed by atoms with Crippen molar-refractivity contribution in [2.45, 2.75) is 44.3 Å². The fourth-order valence-electron chi connectivity index (χ4n) is 3.66. The monoisotopic (exact) mass is 395 g/mol. The lowest BCUT2D eigenvalue weighted by Gasteiger charge is -2.38. The van der Waals surface area contributed by atoms with Crippen LogP contribution < -0.4 is 0 Å². The normalized spacial score (nSPS) is 30.1. The molecule has 1 aliphatic carbocycles. The maximum absolute atomic E-state index is 13.1. The number of rotatable bonds is 1. The van der Waals surface area contributed by atoms with Crippen LogP contribution in [0.2, 0.25) is 0 Å². The van der Waals surface area contributed by atoms with Gasteiger partial charge in [-0.25, -0.2) is 0 Å². The Bertz CT molecular complexity index is 716. The molecule has 0 bridgehead atoms. The highest BCUT2D eigenvalue weighted by Gasteiger charge is 2.47. The Kier molecular flexibility index (Phi) is 3.66. The summed E-state index contributed by atoms with van der Waals surface area (Å²) in [6, 6.07) is 2.19. The lowest BCUT2D eigenvalue weighted by atomic mass is 9.69. The molecule has 0 amide bonds. The van der Waals surface area contributed by atoms with E-state index in [0.29, 0.717) is 11.0 Å². The first kappa shape index (κ1) is 15.2. The molecule has 0 N–H and O–H groups in total. The summed E-state index contributed by atoms with van der Waals surface area (Å²) in [5.74, 6) is 1.65. The lowest BCUT2D eigenvalue weighted by Crippen LogP contribution is -2.38. The Morgan fingerprint density at radius 2 is 2.18 bits per heavy atom. The Morgan fingerprint density at radius 1 is 1.36 bits per heavy atom. The first-order valence-corrected chi connectivity index (χ1v) is 10.4. The molecule has 0 radical (unpaired) electrons. The largest absolute Gasteiger partial charge is 0.294 e. The maximum atomic E-state index is 13.1. The summed E-state index contributed by atoms with van der Waals surface area (Å²) in [4.78, 5) is 19.3. The summed E-state index contributed by atoms with van der Waals surface area (Å²) in [6.45, 7) is 4.17. The van der Waals surface area contributed by atoms with Gasteiger partial charge < -0.3 is 0 Å². The SMILES string of the molecule is CC1(C)CCC2=C(C1=O)C(c1cc(Br)cs1)C1SCCC1=N2. The topological polar surface area (TPSA) is 29.4 Å². The molecule has 22 heavy (non-hydrogen) atoms. The van der Waals surface area contributed by atoms with Gasteiger partial charge in [-0.15, -0.1) is 11.3 Å². The highest BCUT2D eigenvalue weighted by Crippen LogP contribution is 2.51. The highest BCUT2D eigenvalue weighted by molar-refractivity contribution is 9.10. The van der Waals surface area contributed by atoms with Gasteiger partial charge in [-0.3, -0.25) is 9.79 Å². The van der Waals surface area contributed by atoms with E-state index in [4.69, 9.17) is 4.99 Å². The van der Waals surface area contributed by atoms with Crippen molar-refractivity contribution in [2.24, 2.45) is 10.4 Å². The van der Waals surface area contributed by atoms with E-state index in [0.717, 1.165) is 40.8 Å². The van der Waals surface area contributed by atoms with Crippen LogP contribution in [-0.2, 0) is 4.79 Å². The third kappa shape index (κ3) is 2.28. The molecular formula is C17H18BrNOS2. The van der Waals surface area contributed by atoms with Gasteiger partial charge in [0.25, 0.3) is 0 Å². The predicted molar refractivity (Wildman–Crippen MR) is 98.1 cm³/mol. The van der Waals surface area contributed by atoms with Crippen LogP contribution in [0.4, 0.5) is 0 Å². The van der Waals surface area contributed by atoms with E-state index in [9.17, 15) is 4.79 Å². The van der Waals surface area contributed by atoms with E-state index in [1.54, 1.807) is 11.3 Å². The Labute approximate surface area is 147 Å². The third-order valence-corrected chi connectivity index (χ3v) is 8.05. The molecule has 1 aromatic rings. The first-order chi connectivity index (χ1) is 10.5. The molecule has 1 saturated heterocycles. The Morgan fingerprint density at radius 3 is 2.91 bits per heavy atom. The zero-order chi connectivity index (χ0) is 15.5. The van der Waals surface area contributed by atoms with Crippen molar-refractivity contribution in [2.75, 3.05) is 5.75 Å². The number of hydrogen-bond acceptors (Lipinski definition) is 4. The van der Waals surface area contributed by atoms with Crippen molar-refractivity contribution in [3.8, 4) is 0 Å². The molecule has 4 rings (SSSR count). The minimum Gasteiger partial charge on any atom is -0.294 e. The molecule has 2 atom stereocenters. The van der Waals surface area contributed by atoms with Gasteiger partial charge in [0.2, 0.25) is 0 Å². The summed E-state index contributed by atoms with van der Waals surface area (Å²) < 4.78 is 1.12. The minimum atomic E-state index is -0.248. The van der Waals surface area contributed by atoms with Crippen LogP contribution in [-0.4, -0.2) is 22.5 Å². The molecule has 3 heterocycles. The molecule has 1 aromatic heterocycles. The molecule has 0 saturated carbocycles. The van der Waals surface area contributed by atoms with Crippen LogP contribution in [0.1, 0.15) is 43.9 Å². The van der Waals surface area contributed by atoms with Crippen molar-refractivity contribution in [3.05, 3.63) is 32.1 Å². The van der Waals surface area contributed by atoms with E-state index < -0.39 is 0 Å². The number of allylic oxidation sites excluding steroid dienone is 2.